The normalized spacial score (nSPS) is 11.9. The lowest BCUT2D eigenvalue weighted by Gasteiger charge is -2.12. The number of rotatable bonds is 3. The molecule has 0 saturated heterocycles. The maximum absolute atomic E-state index is 13.5. The van der Waals surface area contributed by atoms with Crippen LogP contribution in [0.1, 0.15) is 18.1 Å². The van der Waals surface area contributed by atoms with Gasteiger partial charge in [-0.1, -0.05) is 12.1 Å². The topological polar surface area (TPSA) is 100 Å². The van der Waals surface area contributed by atoms with Crippen LogP contribution in [0.5, 0.6) is 5.75 Å². The molecule has 0 bridgehead atoms. The lowest BCUT2D eigenvalue weighted by Crippen LogP contribution is -2.09. The van der Waals surface area contributed by atoms with Crippen LogP contribution in [0.2, 0.25) is 0 Å². The summed E-state index contributed by atoms with van der Waals surface area (Å²) in [7, 11) is 0. The third kappa shape index (κ3) is 4.29. The number of aromatic hydroxyl groups is 1. The van der Waals surface area contributed by atoms with Gasteiger partial charge in [-0.05, 0) is 48.2 Å². The van der Waals surface area contributed by atoms with Crippen molar-refractivity contribution < 1.29 is 23.1 Å². The molecule has 29 heavy (non-hydrogen) atoms. The number of anilines is 2. The van der Waals surface area contributed by atoms with E-state index in [-0.39, 0.29) is 22.8 Å². The second kappa shape index (κ2) is 7.42. The zero-order valence-electron chi connectivity index (χ0n) is 15.5. The lowest BCUT2D eigenvalue weighted by molar-refractivity contribution is -0.137. The Morgan fingerprint density at radius 1 is 1.10 bits per heavy atom. The third-order valence-corrected chi connectivity index (χ3v) is 4.13. The highest BCUT2D eigenvalue weighted by Crippen LogP contribution is 2.42. The number of halogens is 3. The summed E-state index contributed by atoms with van der Waals surface area (Å²) in [6.45, 7) is 2.99. The number of phenols is 1. The van der Waals surface area contributed by atoms with E-state index in [1.54, 1.807) is 25.1 Å². The zero-order valence-corrected chi connectivity index (χ0v) is 15.5. The van der Waals surface area contributed by atoms with Gasteiger partial charge in [0, 0.05) is 12.6 Å². The SMILES string of the molecule is CC(=O)Nc1ccc(/N=N/c2c(N)ccc3cc(C)cc(O)c23)c(C(F)(F)F)c1. The van der Waals surface area contributed by atoms with Gasteiger partial charge >= 0.3 is 6.18 Å². The predicted molar refractivity (Wildman–Crippen MR) is 105 cm³/mol. The minimum atomic E-state index is -4.72. The monoisotopic (exact) mass is 402 g/mol. The van der Waals surface area contributed by atoms with E-state index in [4.69, 9.17) is 5.73 Å². The molecule has 3 aromatic carbocycles. The van der Waals surface area contributed by atoms with Crippen molar-refractivity contribution in [3.8, 4) is 5.75 Å². The van der Waals surface area contributed by atoms with E-state index < -0.39 is 23.3 Å². The van der Waals surface area contributed by atoms with Gasteiger partial charge in [0.25, 0.3) is 0 Å². The van der Waals surface area contributed by atoms with Crippen LogP contribution in [0, 0.1) is 6.92 Å². The predicted octanol–water partition coefficient (Wildman–Crippen LogP) is 5.83. The van der Waals surface area contributed by atoms with E-state index in [0.717, 1.165) is 17.7 Å². The molecule has 0 unspecified atom stereocenters. The zero-order chi connectivity index (χ0) is 21.3. The van der Waals surface area contributed by atoms with E-state index in [2.05, 4.69) is 15.5 Å². The molecule has 4 N–H and O–H groups in total. The molecule has 9 heteroatoms. The maximum Gasteiger partial charge on any atom is 0.418 e. The number of fused-ring (bicyclic) bond motifs is 1. The number of carbonyl (C=O) groups excluding carboxylic acids is 1. The standard InChI is InChI=1S/C20H17F3N4O2/c1-10-7-12-3-5-15(24)19(18(12)17(29)8-10)27-26-16-6-4-13(25-11(2)28)9-14(16)20(21,22)23/h3-9,29H,24H2,1-2H3,(H,25,28)/b27-26+. The number of carbonyl (C=O) groups is 1. The first-order valence-electron chi connectivity index (χ1n) is 8.48. The molecule has 3 aromatic rings. The van der Waals surface area contributed by atoms with Gasteiger partial charge in [0.15, 0.2) is 0 Å². The highest BCUT2D eigenvalue weighted by atomic mass is 19.4. The molecule has 0 heterocycles. The summed E-state index contributed by atoms with van der Waals surface area (Å²) in [5.74, 6) is -0.597. The van der Waals surface area contributed by atoms with Crippen LogP contribution in [0.4, 0.5) is 35.9 Å². The number of hydrogen-bond donors (Lipinski definition) is 3. The molecule has 0 aliphatic rings. The summed E-state index contributed by atoms with van der Waals surface area (Å²) in [6, 6.07) is 9.69. The van der Waals surface area contributed by atoms with Crippen molar-refractivity contribution in [2.75, 3.05) is 11.1 Å². The molecule has 0 aliphatic carbocycles. The Kier molecular flexibility index (Phi) is 5.15. The Hall–Kier alpha value is -3.62. The van der Waals surface area contributed by atoms with E-state index >= 15 is 0 Å². The molecular formula is C20H17F3N4O2. The molecule has 1 amide bonds. The van der Waals surface area contributed by atoms with Crippen LogP contribution < -0.4 is 11.1 Å². The number of nitrogen functional groups attached to an aromatic ring is 1. The fourth-order valence-electron chi connectivity index (χ4n) is 2.93. The molecule has 150 valence electrons. The van der Waals surface area contributed by atoms with E-state index in [1.165, 1.54) is 19.1 Å². The number of alkyl halides is 3. The number of benzene rings is 3. The minimum Gasteiger partial charge on any atom is -0.507 e. The van der Waals surface area contributed by atoms with Crippen LogP contribution in [0.3, 0.4) is 0 Å². The Morgan fingerprint density at radius 3 is 2.48 bits per heavy atom. The van der Waals surface area contributed by atoms with E-state index in [1.807, 2.05) is 0 Å². The van der Waals surface area contributed by atoms with Gasteiger partial charge in [0.05, 0.1) is 22.3 Å². The molecule has 0 radical (unpaired) electrons. The Balaban J connectivity index is 2.13. The summed E-state index contributed by atoms with van der Waals surface area (Å²) >= 11 is 0. The number of nitrogens with zero attached hydrogens (tertiary/aromatic N) is 2. The number of nitrogens with one attached hydrogen (secondary N) is 1. The van der Waals surface area contributed by atoms with Gasteiger partial charge in [-0.15, -0.1) is 10.2 Å². The van der Waals surface area contributed by atoms with E-state index in [0.29, 0.717) is 10.8 Å². The number of aryl methyl sites for hydroxylation is 1. The minimum absolute atomic E-state index is 0.0124. The van der Waals surface area contributed by atoms with Crippen molar-refractivity contribution >= 4 is 39.4 Å². The van der Waals surface area contributed by atoms with Crippen LogP contribution in [-0.2, 0) is 11.0 Å². The van der Waals surface area contributed by atoms with Crippen LogP contribution in [0.15, 0.2) is 52.7 Å². The molecule has 0 atom stereocenters. The molecule has 0 fully saturated rings. The first kappa shape index (κ1) is 20.1. The first-order chi connectivity index (χ1) is 13.6. The van der Waals surface area contributed by atoms with Gasteiger partial charge in [0.2, 0.25) is 5.91 Å². The van der Waals surface area contributed by atoms with Crippen LogP contribution >= 0.6 is 0 Å². The van der Waals surface area contributed by atoms with Crippen molar-refractivity contribution in [2.24, 2.45) is 10.2 Å². The summed E-state index contributed by atoms with van der Waals surface area (Å²) < 4.78 is 40.4. The Bertz CT molecular complexity index is 1140. The van der Waals surface area contributed by atoms with Gasteiger partial charge in [-0.25, -0.2) is 0 Å². The highest BCUT2D eigenvalue weighted by Gasteiger charge is 2.34. The lowest BCUT2D eigenvalue weighted by atomic mass is 10.0. The van der Waals surface area contributed by atoms with Crippen LogP contribution in [-0.4, -0.2) is 11.0 Å². The summed E-state index contributed by atoms with van der Waals surface area (Å²) in [6.07, 6.45) is -4.72. The number of phenolic OH excluding ortho intramolecular Hbond substituents is 1. The number of nitrogens with two attached hydrogens (primary N) is 1. The first-order valence-corrected chi connectivity index (χ1v) is 8.48. The van der Waals surface area contributed by atoms with Crippen LogP contribution in [0.25, 0.3) is 10.8 Å². The molecule has 6 nitrogen and oxygen atoms in total. The molecule has 3 rings (SSSR count). The van der Waals surface area contributed by atoms with Gasteiger partial charge in [0.1, 0.15) is 11.4 Å². The average molecular weight is 402 g/mol. The molecule has 0 spiro atoms. The largest absolute Gasteiger partial charge is 0.507 e. The summed E-state index contributed by atoms with van der Waals surface area (Å²) in [5.41, 5.74) is 5.43. The third-order valence-electron chi connectivity index (χ3n) is 4.13. The highest BCUT2D eigenvalue weighted by molar-refractivity contribution is 6.02. The molecule has 0 aliphatic heterocycles. The van der Waals surface area contributed by atoms with Crippen molar-refractivity contribution in [2.45, 2.75) is 20.0 Å². The quantitative estimate of drug-likeness (QED) is 0.380. The Labute approximate surface area is 163 Å². The summed E-state index contributed by atoms with van der Waals surface area (Å²) in [4.78, 5) is 11.1. The fraction of sp³-hybridized carbons (Fsp3) is 0.150. The number of hydrogen-bond acceptors (Lipinski definition) is 5. The molecular weight excluding hydrogens is 385 g/mol. The smallest absolute Gasteiger partial charge is 0.418 e. The molecule has 0 aromatic heterocycles. The van der Waals surface area contributed by atoms with Crippen molar-refractivity contribution in [3.63, 3.8) is 0 Å². The second-order valence-electron chi connectivity index (χ2n) is 6.50. The van der Waals surface area contributed by atoms with Crippen molar-refractivity contribution in [1.29, 1.82) is 0 Å². The molecule has 0 saturated carbocycles. The van der Waals surface area contributed by atoms with Crippen molar-refractivity contribution in [1.82, 2.24) is 0 Å². The number of amides is 1. The Morgan fingerprint density at radius 2 is 1.83 bits per heavy atom. The maximum atomic E-state index is 13.5. The fourth-order valence-corrected chi connectivity index (χ4v) is 2.93. The second-order valence-corrected chi connectivity index (χ2v) is 6.50. The van der Waals surface area contributed by atoms with E-state index in [9.17, 15) is 23.1 Å². The van der Waals surface area contributed by atoms with Crippen molar-refractivity contribution in [3.05, 3.63) is 53.6 Å². The average Bonchev–Trinajstić information content (AvgIpc) is 2.60. The van der Waals surface area contributed by atoms with Gasteiger partial charge in [-0.3, -0.25) is 4.79 Å². The summed E-state index contributed by atoms with van der Waals surface area (Å²) in [5, 5.41) is 21.2. The van der Waals surface area contributed by atoms with Gasteiger partial charge < -0.3 is 16.2 Å². The number of azo groups is 1. The van der Waals surface area contributed by atoms with Gasteiger partial charge in [-0.2, -0.15) is 13.2 Å².